The first kappa shape index (κ1) is 11.1. The molecule has 1 heterocycles. The Labute approximate surface area is 95.7 Å². The predicted octanol–water partition coefficient (Wildman–Crippen LogP) is 1.59. The first-order valence-electron chi connectivity index (χ1n) is 5.70. The number of amides is 1. The number of rotatable bonds is 3. The Balaban J connectivity index is 2.12. The van der Waals surface area contributed by atoms with Gasteiger partial charge in [0, 0.05) is 6.54 Å². The zero-order valence-electron chi connectivity index (χ0n) is 9.47. The molecule has 86 valence electrons. The fraction of sp³-hybridized carbons (Fsp3) is 0.462. The van der Waals surface area contributed by atoms with Crippen LogP contribution < -0.4 is 0 Å². The van der Waals surface area contributed by atoms with Gasteiger partial charge in [0.1, 0.15) is 0 Å². The molecule has 0 aliphatic carbocycles. The lowest BCUT2D eigenvalue weighted by Gasteiger charge is -2.25. The second-order valence-electron chi connectivity index (χ2n) is 4.29. The molecular weight excluding hydrogens is 202 g/mol. The van der Waals surface area contributed by atoms with E-state index in [9.17, 15) is 4.79 Å². The normalized spacial score (nSPS) is 22.5. The summed E-state index contributed by atoms with van der Waals surface area (Å²) < 4.78 is 0. The van der Waals surface area contributed by atoms with Gasteiger partial charge in [0.25, 0.3) is 0 Å². The highest BCUT2D eigenvalue weighted by molar-refractivity contribution is 5.81. The van der Waals surface area contributed by atoms with Gasteiger partial charge in [0.2, 0.25) is 5.91 Å². The van der Waals surface area contributed by atoms with Crippen molar-refractivity contribution < 1.29 is 9.90 Å². The first-order chi connectivity index (χ1) is 7.74. The molecule has 16 heavy (non-hydrogen) atoms. The van der Waals surface area contributed by atoms with Gasteiger partial charge in [-0.05, 0) is 18.9 Å². The Morgan fingerprint density at radius 2 is 2.12 bits per heavy atom. The minimum absolute atomic E-state index is 0.0309. The molecule has 0 bridgehead atoms. The second-order valence-corrected chi connectivity index (χ2v) is 4.29. The maximum absolute atomic E-state index is 11.9. The van der Waals surface area contributed by atoms with Crippen molar-refractivity contribution in [2.24, 2.45) is 5.92 Å². The van der Waals surface area contributed by atoms with E-state index in [1.54, 1.807) is 0 Å². The molecule has 1 N–H and O–H groups in total. The Hall–Kier alpha value is -1.35. The third-order valence-electron chi connectivity index (χ3n) is 3.32. The molecular formula is C13H17NO2. The molecule has 1 aliphatic heterocycles. The van der Waals surface area contributed by atoms with Crippen molar-refractivity contribution in [2.45, 2.75) is 19.4 Å². The largest absolute Gasteiger partial charge is 0.396 e. The van der Waals surface area contributed by atoms with Crippen LogP contribution in [-0.4, -0.2) is 29.1 Å². The predicted molar refractivity (Wildman–Crippen MR) is 61.8 cm³/mol. The lowest BCUT2D eigenvalue weighted by molar-refractivity contribution is -0.133. The van der Waals surface area contributed by atoms with Gasteiger partial charge in [0.15, 0.2) is 0 Å². The number of aliphatic hydroxyl groups is 1. The number of benzene rings is 1. The number of aliphatic hydroxyl groups excluding tert-OH is 1. The summed E-state index contributed by atoms with van der Waals surface area (Å²) in [6.45, 7) is 2.75. The average molecular weight is 219 g/mol. The van der Waals surface area contributed by atoms with Crippen molar-refractivity contribution in [3.63, 3.8) is 0 Å². The lowest BCUT2D eigenvalue weighted by Crippen LogP contribution is -2.31. The molecule has 2 rings (SSSR count). The summed E-state index contributed by atoms with van der Waals surface area (Å²) >= 11 is 0. The van der Waals surface area contributed by atoms with Crippen molar-refractivity contribution in [3.8, 4) is 0 Å². The van der Waals surface area contributed by atoms with E-state index in [0.717, 1.165) is 18.5 Å². The fourth-order valence-electron chi connectivity index (χ4n) is 2.23. The zero-order chi connectivity index (χ0) is 11.5. The molecule has 1 aromatic rings. The molecule has 1 unspecified atom stereocenters. The SMILES string of the molecule is C[C@H](c1ccccc1)N1CCC(CO)C1=O. The summed E-state index contributed by atoms with van der Waals surface area (Å²) in [4.78, 5) is 13.8. The third kappa shape index (κ3) is 1.95. The molecule has 0 aromatic heterocycles. The molecule has 0 radical (unpaired) electrons. The number of carbonyl (C=O) groups excluding carboxylic acids is 1. The summed E-state index contributed by atoms with van der Waals surface area (Å²) in [7, 11) is 0. The third-order valence-corrected chi connectivity index (χ3v) is 3.32. The number of hydrogen-bond acceptors (Lipinski definition) is 2. The van der Waals surface area contributed by atoms with Gasteiger partial charge < -0.3 is 10.0 Å². The summed E-state index contributed by atoms with van der Waals surface area (Å²) in [6, 6.07) is 10.1. The highest BCUT2D eigenvalue weighted by atomic mass is 16.3. The highest BCUT2D eigenvalue weighted by Gasteiger charge is 2.33. The van der Waals surface area contributed by atoms with Crippen LogP contribution in [0.25, 0.3) is 0 Å². The van der Waals surface area contributed by atoms with E-state index in [1.807, 2.05) is 42.2 Å². The van der Waals surface area contributed by atoms with Crippen LogP contribution in [0, 0.1) is 5.92 Å². The van der Waals surface area contributed by atoms with Gasteiger partial charge >= 0.3 is 0 Å². The molecule has 1 amide bonds. The number of hydrogen-bond donors (Lipinski definition) is 1. The first-order valence-corrected chi connectivity index (χ1v) is 5.70. The summed E-state index contributed by atoms with van der Waals surface area (Å²) in [5.74, 6) is -0.106. The summed E-state index contributed by atoms with van der Waals surface area (Å²) in [5, 5.41) is 9.06. The molecule has 1 aliphatic rings. The Bertz CT molecular complexity index is 363. The minimum atomic E-state index is -0.189. The highest BCUT2D eigenvalue weighted by Crippen LogP contribution is 2.27. The van der Waals surface area contributed by atoms with Gasteiger partial charge in [-0.3, -0.25) is 4.79 Å². The fourth-order valence-corrected chi connectivity index (χ4v) is 2.23. The smallest absolute Gasteiger partial charge is 0.228 e. The molecule has 1 fully saturated rings. The van der Waals surface area contributed by atoms with Crippen molar-refractivity contribution >= 4 is 5.91 Å². The maximum Gasteiger partial charge on any atom is 0.228 e. The average Bonchev–Trinajstić information content (AvgIpc) is 2.70. The molecule has 3 nitrogen and oxygen atoms in total. The Morgan fingerprint density at radius 3 is 2.69 bits per heavy atom. The summed E-state index contributed by atoms with van der Waals surface area (Å²) in [6.07, 6.45) is 0.770. The van der Waals surface area contributed by atoms with Gasteiger partial charge in [-0.25, -0.2) is 0 Å². The van der Waals surface area contributed by atoms with E-state index in [2.05, 4.69) is 0 Å². The lowest BCUT2D eigenvalue weighted by atomic mass is 10.1. The maximum atomic E-state index is 11.9. The van der Waals surface area contributed by atoms with Crippen LogP contribution in [0.3, 0.4) is 0 Å². The van der Waals surface area contributed by atoms with E-state index < -0.39 is 0 Å². The topological polar surface area (TPSA) is 40.5 Å². The van der Waals surface area contributed by atoms with Gasteiger partial charge in [-0.1, -0.05) is 30.3 Å². The number of likely N-dealkylation sites (tertiary alicyclic amines) is 1. The Kier molecular flexibility index (Phi) is 3.25. The van der Waals surface area contributed by atoms with E-state index in [4.69, 9.17) is 5.11 Å². The van der Waals surface area contributed by atoms with E-state index in [1.165, 1.54) is 0 Å². The van der Waals surface area contributed by atoms with Crippen LogP contribution in [0.1, 0.15) is 24.9 Å². The van der Waals surface area contributed by atoms with Crippen LogP contribution in [0.4, 0.5) is 0 Å². The minimum Gasteiger partial charge on any atom is -0.396 e. The van der Waals surface area contributed by atoms with Crippen molar-refractivity contribution in [1.29, 1.82) is 0 Å². The van der Waals surface area contributed by atoms with E-state index in [-0.39, 0.29) is 24.5 Å². The van der Waals surface area contributed by atoms with Gasteiger partial charge in [-0.2, -0.15) is 0 Å². The van der Waals surface area contributed by atoms with Gasteiger partial charge in [0.05, 0.1) is 18.6 Å². The van der Waals surface area contributed by atoms with E-state index in [0.29, 0.717) is 0 Å². The molecule has 1 saturated heterocycles. The second kappa shape index (κ2) is 4.66. The van der Waals surface area contributed by atoms with Crippen LogP contribution in [0.5, 0.6) is 0 Å². The van der Waals surface area contributed by atoms with Crippen LogP contribution in [0.15, 0.2) is 30.3 Å². The monoisotopic (exact) mass is 219 g/mol. The summed E-state index contributed by atoms with van der Waals surface area (Å²) in [5.41, 5.74) is 1.15. The van der Waals surface area contributed by atoms with Crippen LogP contribution >= 0.6 is 0 Å². The molecule has 0 saturated carbocycles. The molecule has 1 aromatic carbocycles. The number of carbonyl (C=O) groups is 1. The number of nitrogens with zero attached hydrogens (tertiary/aromatic N) is 1. The molecule has 3 heteroatoms. The van der Waals surface area contributed by atoms with Crippen molar-refractivity contribution in [3.05, 3.63) is 35.9 Å². The quantitative estimate of drug-likeness (QED) is 0.838. The van der Waals surface area contributed by atoms with E-state index >= 15 is 0 Å². The van der Waals surface area contributed by atoms with Crippen molar-refractivity contribution in [2.75, 3.05) is 13.2 Å². The van der Waals surface area contributed by atoms with Crippen LogP contribution in [-0.2, 0) is 4.79 Å². The standard InChI is InChI=1S/C13H17NO2/c1-10(11-5-3-2-4-6-11)14-8-7-12(9-15)13(14)16/h2-6,10,12,15H,7-9H2,1H3/t10-,12?/m1/s1. The molecule has 0 spiro atoms. The van der Waals surface area contributed by atoms with Crippen LogP contribution in [0.2, 0.25) is 0 Å². The zero-order valence-corrected chi connectivity index (χ0v) is 9.47. The molecule has 2 atom stereocenters. The van der Waals surface area contributed by atoms with Gasteiger partial charge in [-0.15, -0.1) is 0 Å². The van der Waals surface area contributed by atoms with Crippen molar-refractivity contribution in [1.82, 2.24) is 4.90 Å². The Morgan fingerprint density at radius 1 is 1.44 bits per heavy atom.